The lowest BCUT2D eigenvalue weighted by atomic mass is 9.84. The molecule has 9 atom stereocenters. The van der Waals surface area contributed by atoms with Gasteiger partial charge in [-0.05, 0) is 52.5 Å². The molecule has 2 saturated heterocycles. The standard InChI is InChI=1S/C29H45NO8/c1-18(9-12-26-28(34)29(6,35-7)17-23(38-26)14-15-31)8-11-25-19(2)16-24(21(4)37-25)30-27(33)13-10-20(3)36-22(5)32/h8-10,12-13,15,19-21,23-26,28,34H,11,14,16-17H2,1-7H3,(H,30,33)/b12-9+,13-10-,18-8+/t19?,20?,21?,23-,24?,25?,26?,28-,29?/m1/s1. The van der Waals surface area contributed by atoms with Gasteiger partial charge < -0.3 is 34.2 Å². The number of carbonyl (C=O) groups excluding carboxylic acids is 3. The predicted octanol–water partition coefficient (Wildman–Crippen LogP) is 3.20. The molecule has 0 aromatic carbocycles. The molecule has 0 aromatic heterocycles. The number of amides is 1. The largest absolute Gasteiger partial charge is 0.459 e. The average Bonchev–Trinajstić information content (AvgIpc) is 2.85. The van der Waals surface area contributed by atoms with Gasteiger partial charge in [-0.15, -0.1) is 0 Å². The Hall–Kier alpha value is -2.33. The highest BCUT2D eigenvalue weighted by atomic mass is 16.5. The zero-order valence-corrected chi connectivity index (χ0v) is 23.7. The number of aldehydes is 1. The number of allylic oxidation sites excluding steroid dienone is 2. The van der Waals surface area contributed by atoms with Crippen LogP contribution in [0.3, 0.4) is 0 Å². The van der Waals surface area contributed by atoms with Gasteiger partial charge in [0.15, 0.2) is 0 Å². The van der Waals surface area contributed by atoms with E-state index < -0.39 is 29.9 Å². The summed E-state index contributed by atoms with van der Waals surface area (Å²) in [5.74, 6) is -0.416. The Balaban J connectivity index is 1.91. The van der Waals surface area contributed by atoms with Crippen LogP contribution in [0.1, 0.15) is 67.2 Å². The van der Waals surface area contributed by atoms with Gasteiger partial charge in [0.2, 0.25) is 5.91 Å². The third kappa shape index (κ3) is 9.45. The number of nitrogens with one attached hydrogen (secondary N) is 1. The van der Waals surface area contributed by atoms with Crippen LogP contribution in [-0.2, 0) is 33.3 Å². The summed E-state index contributed by atoms with van der Waals surface area (Å²) in [6.45, 7) is 10.9. The first-order valence-electron chi connectivity index (χ1n) is 13.4. The fraction of sp³-hybridized carbons (Fsp3) is 0.690. The highest BCUT2D eigenvalue weighted by Gasteiger charge is 2.45. The molecule has 2 heterocycles. The van der Waals surface area contributed by atoms with E-state index in [0.717, 1.165) is 18.3 Å². The van der Waals surface area contributed by atoms with Gasteiger partial charge in [-0.2, -0.15) is 0 Å². The first-order chi connectivity index (χ1) is 17.9. The van der Waals surface area contributed by atoms with E-state index in [2.05, 4.69) is 18.3 Å². The van der Waals surface area contributed by atoms with E-state index in [4.69, 9.17) is 18.9 Å². The molecule has 0 aromatic rings. The Morgan fingerprint density at radius 3 is 2.53 bits per heavy atom. The van der Waals surface area contributed by atoms with Crippen molar-refractivity contribution in [2.24, 2.45) is 5.92 Å². The number of hydrogen-bond donors (Lipinski definition) is 2. The van der Waals surface area contributed by atoms with Crippen molar-refractivity contribution in [1.29, 1.82) is 0 Å². The average molecular weight is 536 g/mol. The van der Waals surface area contributed by atoms with E-state index in [1.165, 1.54) is 13.0 Å². The van der Waals surface area contributed by atoms with Crippen LogP contribution in [0.2, 0.25) is 0 Å². The van der Waals surface area contributed by atoms with Crippen molar-refractivity contribution in [3.63, 3.8) is 0 Å². The fourth-order valence-corrected chi connectivity index (χ4v) is 4.95. The van der Waals surface area contributed by atoms with Crippen LogP contribution in [-0.4, -0.2) is 78.6 Å². The third-order valence-electron chi connectivity index (χ3n) is 7.38. The molecule has 2 aliphatic heterocycles. The van der Waals surface area contributed by atoms with Gasteiger partial charge in [0.1, 0.15) is 24.6 Å². The zero-order chi connectivity index (χ0) is 28.5. The highest BCUT2D eigenvalue weighted by molar-refractivity contribution is 5.87. The number of esters is 1. The lowest BCUT2D eigenvalue weighted by Gasteiger charge is -2.44. The molecule has 214 valence electrons. The highest BCUT2D eigenvalue weighted by Crippen LogP contribution is 2.34. The molecule has 0 spiro atoms. The summed E-state index contributed by atoms with van der Waals surface area (Å²) in [5, 5.41) is 13.8. The molecular formula is C29H45NO8. The Morgan fingerprint density at radius 2 is 1.89 bits per heavy atom. The maximum absolute atomic E-state index is 12.3. The third-order valence-corrected chi connectivity index (χ3v) is 7.38. The van der Waals surface area contributed by atoms with Crippen LogP contribution >= 0.6 is 0 Å². The summed E-state index contributed by atoms with van der Waals surface area (Å²) in [6.07, 6.45) is 9.42. The molecule has 7 unspecified atom stereocenters. The summed E-state index contributed by atoms with van der Waals surface area (Å²) in [7, 11) is 1.56. The number of rotatable bonds is 11. The van der Waals surface area contributed by atoms with Crippen molar-refractivity contribution in [3.8, 4) is 0 Å². The Kier molecular flexibility index (Phi) is 12.4. The number of methoxy groups -OCH3 is 1. The maximum Gasteiger partial charge on any atom is 0.303 e. The molecule has 2 fully saturated rings. The summed E-state index contributed by atoms with van der Waals surface area (Å²) in [6, 6.07) is -0.119. The number of hydrogen-bond acceptors (Lipinski definition) is 8. The second-order valence-corrected chi connectivity index (χ2v) is 10.7. The van der Waals surface area contributed by atoms with E-state index in [1.54, 1.807) is 20.1 Å². The molecule has 9 heteroatoms. The molecule has 0 radical (unpaired) electrons. The SMILES string of the molecule is COC1(C)C[C@@H](CC=O)OC(/C=C/C(C)=C/CC2OC(C)C(NC(=O)/C=C\C(C)OC(C)=O)CC2C)[C@H]1O. The lowest BCUT2D eigenvalue weighted by Crippen LogP contribution is -2.56. The van der Waals surface area contributed by atoms with Crippen molar-refractivity contribution in [1.82, 2.24) is 5.32 Å². The monoisotopic (exact) mass is 535 g/mol. The van der Waals surface area contributed by atoms with Crippen LogP contribution in [0.4, 0.5) is 0 Å². The molecule has 0 saturated carbocycles. The van der Waals surface area contributed by atoms with Crippen molar-refractivity contribution in [2.45, 2.75) is 115 Å². The molecule has 1 amide bonds. The Bertz CT molecular complexity index is 899. The van der Waals surface area contributed by atoms with Gasteiger partial charge >= 0.3 is 5.97 Å². The van der Waals surface area contributed by atoms with E-state index in [9.17, 15) is 19.5 Å². The van der Waals surface area contributed by atoms with Gasteiger partial charge in [0, 0.05) is 33.0 Å². The van der Waals surface area contributed by atoms with Gasteiger partial charge in [0.25, 0.3) is 0 Å². The second-order valence-electron chi connectivity index (χ2n) is 10.7. The molecule has 2 aliphatic rings. The minimum absolute atomic E-state index is 0.00584. The first-order valence-corrected chi connectivity index (χ1v) is 13.4. The molecule has 2 rings (SSSR count). The first kappa shape index (κ1) is 31.9. The van der Waals surface area contributed by atoms with Crippen molar-refractivity contribution >= 4 is 18.2 Å². The fourth-order valence-electron chi connectivity index (χ4n) is 4.95. The van der Waals surface area contributed by atoms with E-state index in [1.807, 2.05) is 32.9 Å². The van der Waals surface area contributed by atoms with Gasteiger partial charge in [0.05, 0.1) is 30.0 Å². The molecular weight excluding hydrogens is 490 g/mol. The Labute approximate surface area is 226 Å². The summed E-state index contributed by atoms with van der Waals surface area (Å²) < 4.78 is 22.7. The number of aliphatic hydroxyl groups excluding tert-OH is 1. The van der Waals surface area contributed by atoms with Gasteiger partial charge in [-0.3, -0.25) is 9.59 Å². The van der Waals surface area contributed by atoms with E-state index >= 15 is 0 Å². The minimum atomic E-state index is -0.853. The molecule has 2 N–H and O–H groups in total. The van der Waals surface area contributed by atoms with Gasteiger partial charge in [-0.1, -0.05) is 30.7 Å². The van der Waals surface area contributed by atoms with E-state index in [-0.39, 0.29) is 42.6 Å². The topological polar surface area (TPSA) is 120 Å². The van der Waals surface area contributed by atoms with Crippen LogP contribution in [0.25, 0.3) is 0 Å². The van der Waals surface area contributed by atoms with Gasteiger partial charge in [-0.25, -0.2) is 0 Å². The Morgan fingerprint density at radius 1 is 1.18 bits per heavy atom. The van der Waals surface area contributed by atoms with Crippen molar-refractivity contribution in [2.75, 3.05) is 7.11 Å². The van der Waals surface area contributed by atoms with Crippen molar-refractivity contribution < 1.29 is 38.4 Å². The number of ether oxygens (including phenoxy) is 4. The quantitative estimate of drug-likeness (QED) is 0.179. The van der Waals surface area contributed by atoms with Crippen molar-refractivity contribution in [3.05, 3.63) is 36.0 Å². The smallest absolute Gasteiger partial charge is 0.303 e. The molecule has 38 heavy (non-hydrogen) atoms. The molecule has 0 bridgehead atoms. The summed E-state index contributed by atoms with van der Waals surface area (Å²) in [5.41, 5.74) is 0.214. The summed E-state index contributed by atoms with van der Waals surface area (Å²) in [4.78, 5) is 34.3. The van der Waals surface area contributed by atoms with Crippen LogP contribution in [0, 0.1) is 5.92 Å². The second kappa shape index (κ2) is 14.7. The van der Waals surface area contributed by atoms with Crippen LogP contribution in [0.15, 0.2) is 36.0 Å². The van der Waals surface area contributed by atoms with Crippen LogP contribution in [0.5, 0.6) is 0 Å². The summed E-state index contributed by atoms with van der Waals surface area (Å²) >= 11 is 0. The molecule has 9 nitrogen and oxygen atoms in total. The predicted molar refractivity (Wildman–Crippen MR) is 143 cm³/mol. The number of aliphatic hydroxyl groups is 1. The van der Waals surface area contributed by atoms with E-state index in [0.29, 0.717) is 12.8 Å². The number of carbonyl (C=O) groups is 3. The zero-order valence-electron chi connectivity index (χ0n) is 23.7. The molecule has 0 aliphatic carbocycles. The minimum Gasteiger partial charge on any atom is -0.459 e. The normalized spacial score (nSPS) is 35.3. The lowest BCUT2D eigenvalue weighted by molar-refractivity contribution is -0.206. The van der Waals surface area contributed by atoms with Crippen LogP contribution < -0.4 is 5.32 Å². The maximum atomic E-state index is 12.3.